The van der Waals surface area contributed by atoms with Crippen molar-refractivity contribution in [1.82, 2.24) is 9.80 Å². The van der Waals surface area contributed by atoms with E-state index in [1.165, 1.54) is 0 Å². The van der Waals surface area contributed by atoms with Crippen LogP contribution < -0.4 is 9.47 Å². The van der Waals surface area contributed by atoms with E-state index >= 15 is 0 Å². The van der Waals surface area contributed by atoms with Gasteiger partial charge in [0.1, 0.15) is 0 Å². The van der Waals surface area contributed by atoms with Gasteiger partial charge in [-0.1, -0.05) is 19.1 Å². The molecule has 0 saturated carbocycles. The first-order valence-corrected chi connectivity index (χ1v) is 9.48. The van der Waals surface area contributed by atoms with Crippen LogP contribution in [0, 0.1) is 0 Å². The van der Waals surface area contributed by atoms with Gasteiger partial charge < -0.3 is 19.3 Å². The van der Waals surface area contributed by atoms with Crippen LogP contribution in [-0.4, -0.2) is 61.6 Å². The Hall–Kier alpha value is -1.75. The molecule has 0 aromatic heterocycles. The molecule has 0 bridgehead atoms. The van der Waals surface area contributed by atoms with E-state index in [1.54, 1.807) is 0 Å². The number of piperidine rings is 1. The van der Waals surface area contributed by atoms with Crippen LogP contribution >= 0.6 is 0 Å². The molecule has 5 nitrogen and oxygen atoms in total. The lowest BCUT2D eigenvalue weighted by Gasteiger charge is -2.36. The topological polar surface area (TPSA) is 42.0 Å². The summed E-state index contributed by atoms with van der Waals surface area (Å²) < 4.78 is 11.3. The van der Waals surface area contributed by atoms with Gasteiger partial charge in [-0.2, -0.15) is 0 Å². The molecule has 0 aliphatic carbocycles. The van der Waals surface area contributed by atoms with Gasteiger partial charge in [0.15, 0.2) is 11.5 Å². The van der Waals surface area contributed by atoms with E-state index in [2.05, 4.69) is 11.8 Å². The lowest BCUT2D eigenvalue weighted by molar-refractivity contribution is -0.133. The molecule has 1 aromatic rings. The van der Waals surface area contributed by atoms with Crippen molar-refractivity contribution in [2.45, 2.75) is 45.6 Å². The van der Waals surface area contributed by atoms with E-state index in [-0.39, 0.29) is 5.91 Å². The molecule has 5 heteroatoms. The summed E-state index contributed by atoms with van der Waals surface area (Å²) >= 11 is 0. The van der Waals surface area contributed by atoms with Gasteiger partial charge in [0.2, 0.25) is 5.91 Å². The Labute approximate surface area is 151 Å². The summed E-state index contributed by atoms with van der Waals surface area (Å²) in [4.78, 5) is 16.8. The number of likely N-dealkylation sites (tertiary alicyclic amines) is 1. The van der Waals surface area contributed by atoms with E-state index in [9.17, 15) is 4.79 Å². The fourth-order valence-electron chi connectivity index (χ4n) is 3.25. The minimum absolute atomic E-state index is 0.219. The van der Waals surface area contributed by atoms with Gasteiger partial charge in [0.05, 0.1) is 13.2 Å². The fraction of sp³-hybridized carbons (Fsp3) is 0.650. The molecule has 1 aromatic carbocycles. The number of carbonyl (C=O) groups is 1. The zero-order valence-corrected chi connectivity index (χ0v) is 15.9. The normalized spacial score (nSPS) is 15.8. The molecule has 140 valence electrons. The molecule has 1 aliphatic heterocycles. The van der Waals surface area contributed by atoms with Crippen molar-refractivity contribution in [3.8, 4) is 11.5 Å². The fourth-order valence-corrected chi connectivity index (χ4v) is 3.25. The van der Waals surface area contributed by atoms with E-state index < -0.39 is 0 Å². The molecule has 0 N–H and O–H groups in total. The molecule has 1 aliphatic rings. The number of rotatable bonds is 9. The third kappa shape index (κ3) is 5.92. The summed E-state index contributed by atoms with van der Waals surface area (Å²) in [7, 11) is 1.94. The second kappa shape index (κ2) is 10.3. The van der Waals surface area contributed by atoms with Crippen molar-refractivity contribution < 1.29 is 14.3 Å². The molecule has 0 spiro atoms. The summed E-state index contributed by atoms with van der Waals surface area (Å²) in [5.74, 6) is 1.73. The van der Waals surface area contributed by atoms with Crippen LogP contribution in [0.5, 0.6) is 11.5 Å². The van der Waals surface area contributed by atoms with Gasteiger partial charge in [0, 0.05) is 32.6 Å². The standard InChI is InChI=1S/C20H32N2O3/c1-4-22-14-12-17(13-15-22)21(3)20(23)11-8-16-25-19-10-7-6-9-18(19)24-5-2/h6-7,9-10,17H,4-5,8,11-16H2,1-3H3. The minimum atomic E-state index is 0.219. The smallest absolute Gasteiger partial charge is 0.222 e. The van der Waals surface area contributed by atoms with E-state index in [0.29, 0.717) is 25.7 Å². The number of hydrogen-bond acceptors (Lipinski definition) is 4. The molecular weight excluding hydrogens is 316 g/mol. The van der Waals surface area contributed by atoms with Crippen molar-refractivity contribution in [3.63, 3.8) is 0 Å². The van der Waals surface area contributed by atoms with Crippen LogP contribution in [0.15, 0.2) is 24.3 Å². The molecule has 1 amide bonds. The molecule has 2 rings (SSSR count). The van der Waals surface area contributed by atoms with Crippen molar-refractivity contribution in [3.05, 3.63) is 24.3 Å². The minimum Gasteiger partial charge on any atom is -0.490 e. The SMILES string of the molecule is CCOc1ccccc1OCCCC(=O)N(C)C1CCN(CC)CC1. The molecule has 0 unspecified atom stereocenters. The number of hydrogen-bond donors (Lipinski definition) is 0. The quantitative estimate of drug-likeness (QED) is 0.643. The van der Waals surface area contributed by atoms with E-state index in [1.807, 2.05) is 43.1 Å². The number of amides is 1. The van der Waals surface area contributed by atoms with Crippen LogP contribution in [0.4, 0.5) is 0 Å². The summed E-state index contributed by atoms with van der Waals surface area (Å²) in [6.07, 6.45) is 3.40. The number of benzene rings is 1. The number of ether oxygens (including phenoxy) is 2. The Morgan fingerprint density at radius 1 is 1.16 bits per heavy atom. The highest BCUT2D eigenvalue weighted by molar-refractivity contribution is 5.76. The van der Waals surface area contributed by atoms with Crippen LogP contribution in [0.1, 0.15) is 39.5 Å². The van der Waals surface area contributed by atoms with E-state index in [0.717, 1.165) is 50.4 Å². The summed E-state index contributed by atoms with van der Waals surface area (Å²) in [5.41, 5.74) is 0. The summed E-state index contributed by atoms with van der Waals surface area (Å²) in [6.45, 7) is 8.57. The Balaban J connectivity index is 1.70. The highest BCUT2D eigenvalue weighted by Gasteiger charge is 2.24. The Morgan fingerprint density at radius 2 is 1.80 bits per heavy atom. The molecule has 1 saturated heterocycles. The Bertz CT molecular complexity index is 527. The van der Waals surface area contributed by atoms with Gasteiger partial charge in [-0.3, -0.25) is 4.79 Å². The monoisotopic (exact) mass is 348 g/mol. The summed E-state index contributed by atoms with van der Waals surface area (Å²) in [5, 5.41) is 0. The molecular formula is C20H32N2O3. The van der Waals surface area contributed by atoms with E-state index in [4.69, 9.17) is 9.47 Å². The van der Waals surface area contributed by atoms with Crippen molar-refractivity contribution >= 4 is 5.91 Å². The second-order valence-corrected chi connectivity index (χ2v) is 6.50. The maximum Gasteiger partial charge on any atom is 0.222 e. The predicted octanol–water partition coefficient (Wildman–Crippen LogP) is 3.19. The lowest BCUT2D eigenvalue weighted by atomic mass is 10.0. The van der Waals surface area contributed by atoms with Crippen LogP contribution in [0.3, 0.4) is 0 Å². The zero-order chi connectivity index (χ0) is 18.1. The lowest BCUT2D eigenvalue weighted by Crippen LogP contribution is -2.45. The summed E-state index contributed by atoms with van der Waals surface area (Å²) in [6, 6.07) is 8.05. The van der Waals surface area contributed by atoms with Crippen LogP contribution in [-0.2, 0) is 4.79 Å². The number of nitrogens with zero attached hydrogens (tertiary/aromatic N) is 2. The zero-order valence-electron chi connectivity index (χ0n) is 15.9. The first-order valence-electron chi connectivity index (χ1n) is 9.48. The maximum atomic E-state index is 12.4. The van der Waals surface area contributed by atoms with Crippen LogP contribution in [0.2, 0.25) is 0 Å². The average Bonchev–Trinajstić information content (AvgIpc) is 2.66. The molecule has 0 radical (unpaired) electrons. The highest BCUT2D eigenvalue weighted by Crippen LogP contribution is 2.26. The third-order valence-electron chi connectivity index (χ3n) is 4.89. The van der Waals surface area contributed by atoms with Gasteiger partial charge >= 0.3 is 0 Å². The molecule has 1 fully saturated rings. The molecule has 0 atom stereocenters. The average molecular weight is 348 g/mol. The maximum absolute atomic E-state index is 12.4. The Morgan fingerprint density at radius 3 is 2.40 bits per heavy atom. The number of para-hydroxylation sites is 2. The Kier molecular flexibility index (Phi) is 8.06. The van der Waals surface area contributed by atoms with Gasteiger partial charge in [0.25, 0.3) is 0 Å². The second-order valence-electron chi connectivity index (χ2n) is 6.50. The third-order valence-corrected chi connectivity index (χ3v) is 4.89. The van der Waals surface area contributed by atoms with Gasteiger partial charge in [-0.05, 0) is 44.9 Å². The van der Waals surface area contributed by atoms with Gasteiger partial charge in [-0.25, -0.2) is 0 Å². The first-order chi connectivity index (χ1) is 12.2. The van der Waals surface area contributed by atoms with Crippen molar-refractivity contribution in [2.75, 3.05) is 39.9 Å². The highest BCUT2D eigenvalue weighted by atomic mass is 16.5. The number of carbonyl (C=O) groups excluding carboxylic acids is 1. The molecule has 25 heavy (non-hydrogen) atoms. The van der Waals surface area contributed by atoms with Crippen molar-refractivity contribution in [1.29, 1.82) is 0 Å². The predicted molar refractivity (Wildman–Crippen MR) is 100 cm³/mol. The largest absolute Gasteiger partial charge is 0.490 e. The van der Waals surface area contributed by atoms with Crippen LogP contribution in [0.25, 0.3) is 0 Å². The first kappa shape index (κ1) is 19.6. The van der Waals surface area contributed by atoms with Crippen molar-refractivity contribution in [2.24, 2.45) is 0 Å². The van der Waals surface area contributed by atoms with Gasteiger partial charge in [-0.15, -0.1) is 0 Å². The molecule has 1 heterocycles.